The molecule has 1 rings (SSSR count). The molecule has 2 amide bonds. The van der Waals surface area contributed by atoms with E-state index in [-0.39, 0.29) is 43.4 Å². The van der Waals surface area contributed by atoms with E-state index >= 15 is 0 Å². The van der Waals surface area contributed by atoms with Gasteiger partial charge in [0.05, 0.1) is 12.7 Å². The molecule has 0 spiro atoms. The van der Waals surface area contributed by atoms with Crippen LogP contribution in [0.2, 0.25) is 0 Å². The Hall–Kier alpha value is -1.34. The first-order chi connectivity index (χ1) is 8.87. The zero-order valence-electron chi connectivity index (χ0n) is 11.6. The molecule has 0 heterocycles. The molecule has 0 radical (unpaired) electrons. The van der Waals surface area contributed by atoms with Crippen molar-refractivity contribution in [3.8, 4) is 0 Å². The topological polar surface area (TPSA) is 96.9 Å². The van der Waals surface area contributed by atoms with Crippen LogP contribution >= 0.6 is 0 Å². The molecule has 0 saturated heterocycles. The van der Waals surface area contributed by atoms with Crippen molar-refractivity contribution in [3.63, 3.8) is 0 Å². The Morgan fingerprint density at radius 2 is 2.11 bits per heavy atom. The van der Waals surface area contributed by atoms with Crippen molar-refractivity contribution in [3.05, 3.63) is 0 Å². The maximum atomic E-state index is 11.6. The molecule has 1 aliphatic carbocycles. The number of rotatable bonds is 7. The van der Waals surface area contributed by atoms with Crippen LogP contribution in [-0.2, 0) is 14.3 Å². The first-order valence-corrected chi connectivity index (χ1v) is 6.24. The maximum Gasteiger partial charge on any atom is 0.329 e. The van der Waals surface area contributed by atoms with Crippen molar-refractivity contribution in [1.82, 2.24) is 10.6 Å². The molecule has 2 atom stereocenters. The lowest BCUT2D eigenvalue weighted by molar-refractivity contribution is -0.142. The van der Waals surface area contributed by atoms with Crippen LogP contribution < -0.4 is 10.6 Å². The minimum Gasteiger partial charge on any atom is -0.480 e. The first kappa shape index (κ1) is 15.7. The van der Waals surface area contributed by atoms with Gasteiger partial charge < -0.3 is 25.2 Å². The Labute approximate surface area is 112 Å². The van der Waals surface area contributed by atoms with E-state index in [1.54, 1.807) is 7.11 Å². The number of carboxylic acid groups (broad SMARTS) is 1. The van der Waals surface area contributed by atoms with E-state index in [0.29, 0.717) is 0 Å². The summed E-state index contributed by atoms with van der Waals surface area (Å²) in [5.41, 5.74) is -0.0775. The highest BCUT2D eigenvalue weighted by Crippen LogP contribution is 2.42. The second-order valence-electron chi connectivity index (χ2n) is 5.18. The third kappa shape index (κ3) is 4.36. The number of carbonyl (C=O) groups is 2. The Balaban J connectivity index is 2.14. The SMILES string of the molecule is COC1CC(NC(=O)NCCOCC(=O)O)C1(C)C. The highest BCUT2D eigenvalue weighted by molar-refractivity contribution is 5.74. The van der Waals surface area contributed by atoms with Crippen molar-refractivity contribution in [1.29, 1.82) is 0 Å². The van der Waals surface area contributed by atoms with Gasteiger partial charge in [-0.25, -0.2) is 9.59 Å². The molecule has 7 heteroatoms. The minimum absolute atomic E-state index is 0.0775. The van der Waals surface area contributed by atoms with Gasteiger partial charge in [-0.05, 0) is 6.42 Å². The van der Waals surface area contributed by atoms with Gasteiger partial charge in [-0.3, -0.25) is 0 Å². The molecular formula is C12H22N2O5. The minimum atomic E-state index is -1.02. The van der Waals surface area contributed by atoms with Crippen LogP contribution in [0.15, 0.2) is 0 Å². The number of amides is 2. The molecule has 7 nitrogen and oxygen atoms in total. The van der Waals surface area contributed by atoms with Gasteiger partial charge in [0.1, 0.15) is 6.61 Å². The molecule has 1 fully saturated rings. The molecule has 0 aromatic rings. The summed E-state index contributed by atoms with van der Waals surface area (Å²) in [7, 11) is 1.67. The Morgan fingerprint density at radius 1 is 1.42 bits per heavy atom. The summed E-state index contributed by atoms with van der Waals surface area (Å²) >= 11 is 0. The van der Waals surface area contributed by atoms with Crippen LogP contribution in [0.25, 0.3) is 0 Å². The molecule has 0 bridgehead atoms. The van der Waals surface area contributed by atoms with Crippen molar-refractivity contribution in [2.45, 2.75) is 32.4 Å². The van der Waals surface area contributed by atoms with E-state index in [0.717, 1.165) is 6.42 Å². The Morgan fingerprint density at radius 3 is 2.63 bits per heavy atom. The smallest absolute Gasteiger partial charge is 0.329 e. The predicted molar refractivity (Wildman–Crippen MR) is 68.0 cm³/mol. The third-order valence-corrected chi connectivity index (χ3v) is 3.53. The number of hydrogen-bond acceptors (Lipinski definition) is 4. The van der Waals surface area contributed by atoms with Crippen LogP contribution in [-0.4, -0.2) is 56.1 Å². The summed E-state index contributed by atoms with van der Waals surface area (Å²) in [5.74, 6) is -1.02. The number of methoxy groups -OCH3 is 1. The maximum absolute atomic E-state index is 11.6. The Kier molecular flexibility index (Phi) is 5.56. The molecule has 19 heavy (non-hydrogen) atoms. The van der Waals surface area contributed by atoms with E-state index < -0.39 is 5.97 Å². The molecule has 2 unspecified atom stereocenters. The summed E-state index contributed by atoms with van der Waals surface area (Å²) in [6, 6.07) is -0.191. The van der Waals surface area contributed by atoms with Crippen molar-refractivity contribution >= 4 is 12.0 Å². The zero-order chi connectivity index (χ0) is 14.5. The fourth-order valence-electron chi connectivity index (χ4n) is 2.14. The molecular weight excluding hydrogens is 252 g/mol. The van der Waals surface area contributed by atoms with Crippen LogP contribution in [0.1, 0.15) is 20.3 Å². The largest absolute Gasteiger partial charge is 0.480 e. The third-order valence-electron chi connectivity index (χ3n) is 3.53. The van der Waals surface area contributed by atoms with Crippen LogP contribution in [0, 0.1) is 5.41 Å². The lowest BCUT2D eigenvalue weighted by Crippen LogP contribution is -2.63. The number of aliphatic carboxylic acids is 1. The highest BCUT2D eigenvalue weighted by atomic mass is 16.5. The average Bonchev–Trinajstić information content (AvgIpc) is 2.33. The number of carbonyl (C=O) groups excluding carboxylic acids is 1. The zero-order valence-corrected chi connectivity index (χ0v) is 11.6. The number of nitrogens with one attached hydrogen (secondary N) is 2. The number of ether oxygens (including phenoxy) is 2. The Bertz CT molecular complexity index is 332. The normalized spacial score (nSPS) is 24.4. The van der Waals surface area contributed by atoms with E-state index in [1.165, 1.54) is 0 Å². The van der Waals surface area contributed by atoms with Gasteiger partial charge in [0.25, 0.3) is 0 Å². The van der Waals surface area contributed by atoms with E-state index in [9.17, 15) is 9.59 Å². The quantitative estimate of drug-likeness (QED) is 0.576. The fourth-order valence-corrected chi connectivity index (χ4v) is 2.14. The van der Waals surface area contributed by atoms with Gasteiger partial charge in [-0.2, -0.15) is 0 Å². The number of urea groups is 1. The molecule has 0 aromatic carbocycles. The average molecular weight is 274 g/mol. The van der Waals surface area contributed by atoms with Crippen LogP contribution in [0.5, 0.6) is 0 Å². The van der Waals surface area contributed by atoms with Gasteiger partial charge in [0.15, 0.2) is 0 Å². The first-order valence-electron chi connectivity index (χ1n) is 6.24. The van der Waals surface area contributed by atoms with Gasteiger partial charge in [0, 0.05) is 25.1 Å². The van der Waals surface area contributed by atoms with Gasteiger partial charge in [0.2, 0.25) is 0 Å². The molecule has 110 valence electrons. The van der Waals surface area contributed by atoms with Crippen LogP contribution in [0.4, 0.5) is 4.79 Å². The van der Waals surface area contributed by atoms with Crippen LogP contribution in [0.3, 0.4) is 0 Å². The second-order valence-corrected chi connectivity index (χ2v) is 5.18. The number of hydrogen-bond donors (Lipinski definition) is 3. The van der Waals surface area contributed by atoms with Crippen molar-refractivity contribution in [2.24, 2.45) is 5.41 Å². The molecule has 3 N–H and O–H groups in total. The second kappa shape index (κ2) is 6.72. The fraction of sp³-hybridized carbons (Fsp3) is 0.833. The lowest BCUT2D eigenvalue weighted by Gasteiger charge is -2.51. The van der Waals surface area contributed by atoms with E-state index in [2.05, 4.69) is 10.6 Å². The lowest BCUT2D eigenvalue weighted by atomic mass is 9.64. The summed E-state index contributed by atoms with van der Waals surface area (Å²) in [6.45, 7) is 4.19. The molecule has 1 saturated carbocycles. The summed E-state index contributed by atoms with van der Waals surface area (Å²) in [5, 5.41) is 13.8. The monoisotopic (exact) mass is 274 g/mol. The highest BCUT2D eigenvalue weighted by Gasteiger charge is 2.49. The van der Waals surface area contributed by atoms with Crippen molar-refractivity contribution < 1.29 is 24.2 Å². The molecule has 1 aliphatic rings. The molecule has 0 aliphatic heterocycles. The van der Waals surface area contributed by atoms with Gasteiger partial charge >= 0.3 is 12.0 Å². The van der Waals surface area contributed by atoms with Crippen molar-refractivity contribution in [2.75, 3.05) is 26.9 Å². The predicted octanol–water partition coefficient (Wildman–Crippen LogP) is 0.200. The standard InChI is InChI=1S/C12H22N2O5/c1-12(2)8(6-9(12)18-3)14-11(17)13-4-5-19-7-10(15)16/h8-9H,4-7H2,1-3H3,(H,15,16)(H2,13,14,17). The molecule has 0 aromatic heterocycles. The van der Waals surface area contributed by atoms with E-state index in [4.69, 9.17) is 14.6 Å². The summed E-state index contributed by atoms with van der Waals surface area (Å²) < 4.78 is 10.1. The van der Waals surface area contributed by atoms with Gasteiger partial charge in [-0.1, -0.05) is 13.8 Å². The summed E-state index contributed by atoms with van der Waals surface area (Å²) in [6.07, 6.45) is 0.962. The number of carboxylic acids is 1. The van der Waals surface area contributed by atoms with E-state index in [1.807, 2.05) is 13.8 Å². The van der Waals surface area contributed by atoms with Gasteiger partial charge in [-0.15, -0.1) is 0 Å². The summed E-state index contributed by atoms with van der Waals surface area (Å²) in [4.78, 5) is 21.8.